The quantitative estimate of drug-likeness (QED) is 0.516. The summed E-state index contributed by atoms with van der Waals surface area (Å²) in [5.74, 6) is -3.48. The van der Waals surface area contributed by atoms with E-state index in [-0.39, 0.29) is 18.2 Å². The van der Waals surface area contributed by atoms with Gasteiger partial charge in [-0.05, 0) is 38.1 Å². The summed E-state index contributed by atoms with van der Waals surface area (Å²) in [6.07, 6.45) is 0. The van der Waals surface area contributed by atoms with E-state index in [1.54, 1.807) is 6.92 Å². The Morgan fingerprint density at radius 1 is 1.32 bits per heavy atom. The Balaban J connectivity index is 3.14. The van der Waals surface area contributed by atoms with Crippen molar-refractivity contribution in [2.24, 2.45) is 5.16 Å². The summed E-state index contributed by atoms with van der Waals surface area (Å²) >= 11 is 0. The fourth-order valence-electron chi connectivity index (χ4n) is 1.44. The number of ether oxygens (including phenoxy) is 1. The normalized spacial score (nSPS) is 12.0. The van der Waals surface area contributed by atoms with Crippen LogP contribution >= 0.6 is 0 Å². The highest BCUT2D eigenvalue weighted by molar-refractivity contribution is 5.98. The first-order valence-corrected chi connectivity index (χ1v) is 6.44. The number of methoxy groups -OCH3 is 1. The fraction of sp³-hybridized carbons (Fsp3) is 0.429. The second-order valence-electron chi connectivity index (χ2n) is 4.76. The predicted molar refractivity (Wildman–Crippen MR) is 75.3 cm³/mol. The van der Waals surface area contributed by atoms with Crippen LogP contribution in [-0.4, -0.2) is 31.2 Å². The Morgan fingerprint density at radius 3 is 2.27 bits per heavy atom. The summed E-state index contributed by atoms with van der Waals surface area (Å²) in [5.41, 5.74) is -2.95. The molecule has 1 amide bonds. The molecule has 0 atom stereocenters. The standard InChI is InChI=1S/C14H17F3N2O3/c1-5-22-19-12(21-4)11-9(15)6-8(7-10(11)16)18-13(20)14(2,3)17/h6-7H,5H2,1-4H3,(H,18,20). The minimum atomic E-state index is -2.18. The molecule has 0 aliphatic carbocycles. The Hall–Kier alpha value is -2.25. The molecule has 1 N–H and O–H groups in total. The van der Waals surface area contributed by atoms with Crippen LogP contribution in [0.15, 0.2) is 17.3 Å². The Kier molecular flexibility index (Phi) is 5.78. The molecular weight excluding hydrogens is 301 g/mol. The van der Waals surface area contributed by atoms with E-state index in [1.165, 1.54) is 7.11 Å². The van der Waals surface area contributed by atoms with Gasteiger partial charge in [-0.1, -0.05) is 0 Å². The maximum Gasteiger partial charge on any atom is 0.263 e. The van der Waals surface area contributed by atoms with Gasteiger partial charge in [-0.3, -0.25) is 4.79 Å². The number of halogens is 3. The molecule has 8 heteroatoms. The highest BCUT2D eigenvalue weighted by atomic mass is 19.1. The topological polar surface area (TPSA) is 59.9 Å². The number of alkyl halides is 1. The molecule has 0 bridgehead atoms. The maximum atomic E-state index is 14.0. The zero-order chi connectivity index (χ0) is 16.9. The molecule has 1 rings (SSSR count). The van der Waals surface area contributed by atoms with Crippen molar-refractivity contribution in [2.75, 3.05) is 19.0 Å². The molecule has 1 aromatic carbocycles. The van der Waals surface area contributed by atoms with Crippen molar-refractivity contribution in [1.29, 1.82) is 0 Å². The number of nitrogens with one attached hydrogen (secondary N) is 1. The molecule has 22 heavy (non-hydrogen) atoms. The van der Waals surface area contributed by atoms with Crippen molar-refractivity contribution in [3.05, 3.63) is 29.3 Å². The summed E-state index contributed by atoms with van der Waals surface area (Å²) in [6, 6.07) is 1.67. The number of nitrogens with zero attached hydrogens (tertiary/aromatic N) is 1. The minimum absolute atomic E-state index is 0.190. The van der Waals surface area contributed by atoms with Gasteiger partial charge >= 0.3 is 0 Å². The predicted octanol–water partition coefficient (Wildman–Crippen LogP) is 3.00. The number of amides is 1. The minimum Gasteiger partial charge on any atom is -0.478 e. The van der Waals surface area contributed by atoms with Gasteiger partial charge in [0.1, 0.15) is 23.8 Å². The fourth-order valence-corrected chi connectivity index (χ4v) is 1.44. The van der Waals surface area contributed by atoms with E-state index >= 15 is 0 Å². The van der Waals surface area contributed by atoms with Gasteiger partial charge in [0.25, 0.3) is 11.8 Å². The summed E-state index contributed by atoms with van der Waals surface area (Å²) in [5, 5.41) is 5.53. The van der Waals surface area contributed by atoms with Gasteiger partial charge in [0.2, 0.25) is 0 Å². The van der Waals surface area contributed by atoms with E-state index in [1.807, 2.05) is 0 Å². The van der Waals surface area contributed by atoms with E-state index in [4.69, 9.17) is 9.57 Å². The first-order valence-electron chi connectivity index (χ1n) is 6.44. The molecule has 0 fully saturated rings. The van der Waals surface area contributed by atoms with Crippen LogP contribution in [0.5, 0.6) is 0 Å². The summed E-state index contributed by atoms with van der Waals surface area (Å²) in [6.45, 7) is 3.89. The Bertz CT molecular complexity index is 560. The second-order valence-corrected chi connectivity index (χ2v) is 4.76. The van der Waals surface area contributed by atoms with Gasteiger partial charge in [0, 0.05) is 5.69 Å². The molecule has 0 aliphatic rings. The third-order valence-corrected chi connectivity index (χ3v) is 2.52. The van der Waals surface area contributed by atoms with Crippen LogP contribution in [0.25, 0.3) is 0 Å². The number of rotatable bonds is 5. The van der Waals surface area contributed by atoms with E-state index in [0.29, 0.717) is 0 Å². The molecule has 0 unspecified atom stereocenters. The van der Waals surface area contributed by atoms with Gasteiger partial charge in [-0.15, -0.1) is 0 Å². The molecule has 1 aromatic rings. The number of oxime groups is 1. The van der Waals surface area contributed by atoms with E-state index in [9.17, 15) is 18.0 Å². The van der Waals surface area contributed by atoms with Crippen LogP contribution in [-0.2, 0) is 14.4 Å². The van der Waals surface area contributed by atoms with Crippen LogP contribution < -0.4 is 5.32 Å². The van der Waals surface area contributed by atoms with Crippen molar-refractivity contribution < 1.29 is 27.5 Å². The lowest BCUT2D eigenvalue weighted by Gasteiger charge is -2.15. The van der Waals surface area contributed by atoms with E-state index in [2.05, 4.69) is 10.5 Å². The number of hydrogen-bond donors (Lipinski definition) is 1. The van der Waals surface area contributed by atoms with Gasteiger partial charge in [0.05, 0.1) is 7.11 Å². The molecule has 0 aliphatic heterocycles. The largest absolute Gasteiger partial charge is 0.478 e. The third-order valence-electron chi connectivity index (χ3n) is 2.52. The van der Waals surface area contributed by atoms with Crippen molar-refractivity contribution in [3.8, 4) is 0 Å². The van der Waals surface area contributed by atoms with E-state index < -0.39 is 28.8 Å². The van der Waals surface area contributed by atoms with Crippen molar-refractivity contribution >= 4 is 17.5 Å². The van der Waals surface area contributed by atoms with Gasteiger partial charge in [-0.25, -0.2) is 13.2 Å². The second kappa shape index (κ2) is 7.15. The van der Waals surface area contributed by atoms with E-state index in [0.717, 1.165) is 26.0 Å². The number of anilines is 1. The highest BCUT2D eigenvalue weighted by Gasteiger charge is 2.27. The molecule has 0 spiro atoms. The molecule has 0 saturated heterocycles. The zero-order valence-corrected chi connectivity index (χ0v) is 12.7. The van der Waals surface area contributed by atoms with Gasteiger partial charge in [-0.2, -0.15) is 0 Å². The van der Waals surface area contributed by atoms with Crippen molar-refractivity contribution in [3.63, 3.8) is 0 Å². The van der Waals surface area contributed by atoms with Crippen LogP contribution in [0.4, 0.5) is 18.9 Å². The summed E-state index contributed by atoms with van der Waals surface area (Å²) in [4.78, 5) is 16.2. The summed E-state index contributed by atoms with van der Waals surface area (Å²) < 4.78 is 46.2. The van der Waals surface area contributed by atoms with Crippen LogP contribution in [0, 0.1) is 11.6 Å². The highest BCUT2D eigenvalue weighted by Crippen LogP contribution is 2.22. The smallest absolute Gasteiger partial charge is 0.263 e. The lowest BCUT2D eigenvalue weighted by molar-refractivity contribution is -0.125. The van der Waals surface area contributed by atoms with Crippen molar-refractivity contribution in [1.82, 2.24) is 0 Å². The first-order chi connectivity index (χ1) is 10.2. The maximum absolute atomic E-state index is 14.0. The Labute approximate surface area is 126 Å². The molecule has 122 valence electrons. The SMILES string of the molecule is CCON=C(OC)c1c(F)cc(NC(=O)C(C)(C)F)cc1F. The molecule has 0 aromatic heterocycles. The first kappa shape index (κ1) is 17.8. The average molecular weight is 318 g/mol. The van der Waals surface area contributed by atoms with Gasteiger partial charge in [0.15, 0.2) is 5.67 Å². The third kappa shape index (κ3) is 4.37. The molecule has 0 radical (unpaired) electrons. The van der Waals surface area contributed by atoms with Gasteiger partial charge < -0.3 is 14.9 Å². The van der Waals surface area contributed by atoms with Crippen LogP contribution in [0.2, 0.25) is 0 Å². The number of benzene rings is 1. The molecule has 5 nitrogen and oxygen atoms in total. The van der Waals surface area contributed by atoms with Crippen LogP contribution in [0.3, 0.4) is 0 Å². The Morgan fingerprint density at radius 2 is 1.86 bits per heavy atom. The number of carbonyl (C=O) groups is 1. The number of hydrogen-bond acceptors (Lipinski definition) is 4. The number of carbonyl (C=O) groups excluding carboxylic acids is 1. The lowest BCUT2D eigenvalue weighted by Crippen LogP contribution is -2.32. The molecule has 0 saturated carbocycles. The monoisotopic (exact) mass is 318 g/mol. The average Bonchev–Trinajstić information content (AvgIpc) is 2.40. The zero-order valence-electron chi connectivity index (χ0n) is 12.7. The van der Waals surface area contributed by atoms with Crippen LogP contribution in [0.1, 0.15) is 26.3 Å². The summed E-state index contributed by atoms with van der Waals surface area (Å²) in [7, 11) is 1.18. The van der Waals surface area contributed by atoms with Crippen molar-refractivity contribution in [2.45, 2.75) is 26.4 Å². The molecular formula is C14H17F3N2O3. The lowest BCUT2D eigenvalue weighted by atomic mass is 10.1. The molecule has 0 heterocycles.